The van der Waals surface area contributed by atoms with Crippen molar-refractivity contribution in [2.45, 2.75) is 6.42 Å². The first-order valence-corrected chi connectivity index (χ1v) is 5.10. The molecule has 0 radical (unpaired) electrons. The maximum atomic E-state index is 9.17. The van der Waals surface area contributed by atoms with E-state index in [0.29, 0.717) is 13.0 Å². The summed E-state index contributed by atoms with van der Waals surface area (Å²) in [5, 5.41) is 9.17. The van der Waals surface area contributed by atoms with Gasteiger partial charge in [-0.05, 0) is 24.2 Å². The van der Waals surface area contributed by atoms with Crippen molar-refractivity contribution in [2.24, 2.45) is 5.73 Å². The van der Waals surface area contributed by atoms with E-state index in [0.717, 1.165) is 17.0 Å². The quantitative estimate of drug-likeness (QED) is 0.810. The van der Waals surface area contributed by atoms with Crippen LogP contribution in [0.5, 0.6) is 5.75 Å². The largest absolute Gasteiger partial charge is 0.508 e. The van der Waals surface area contributed by atoms with E-state index in [1.807, 2.05) is 12.1 Å². The molecule has 0 fully saturated rings. The lowest BCUT2D eigenvalue weighted by Gasteiger charge is -2.02. The first-order chi connectivity index (χ1) is 7.79. The zero-order valence-electron chi connectivity index (χ0n) is 8.80. The highest BCUT2D eigenvalue weighted by Crippen LogP contribution is 2.20. The third-order valence-corrected chi connectivity index (χ3v) is 2.27. The number of nitrogens with two attached hydrogens (primary N) is 1. The van der Waals surface area contributed by atoms with Crippen LogP contribution in [0, 0.1) is 0 Å². The number of benzene rings is 1. The Morgan fingerprint density at radius 1 is 1.00 bits per heavy atom. The standard InChI is InChI=1S/C12H13N3O/c13-6-5-12-14-7-10(8-15-12)9-1-3-11(16)4-2-9/h1-4,7-8,16H,5-6,13H2. The molecule has 0 atom stereocenters. The Morgan fingerprint density at radius 2 is 1.62 bits per heavy atom. The van der Waals surface area contributed by atoms with Gasteiger partial charge in [-0.1, -0.05) is 12.1 Å². The van der Waals surface area contributed by atoms with Gasteiger partial charge in [0.2, 0.25) is 0 Å². The van der Waals surface area contributed by atoms with E-state index in [2.05, 4.69) is 9.97 Å². The summed E-state index contributed by atoms with van der Waals surface area (Å²) < 4.78 is 0. The van der Waals surface area contributed by atoms with Crippen molar-refractivity contribution in [3.63, 3.8) is 0 Å². The fraction of sp³-hybridized carbons (Fsp3) is 0.167. The van der Waals surface area contributed by atoms with Crippen LogP contribution in [0.4, 0.5) is 0 Å². The summed E-state index contributed by atoms with van der Waals surface area (Å²) in [5.74, 6) is 1.01. The first-order valence-electron chi connectivity index (χ1n) is 5.10. The molecule has 1 heterocycles. The van der Waals surface area contributed by atoms with Crippen molar-refractivity contribution in [1.82, 2.24) is 9.97 Å². The summed E-state index contributed by atoms with van der Waals surface area (Å²) in [5.41, 5.74) is 7.33. The third kappa shape index (κ3) is 2.35. The van der Waals surface area contributed by atoms with Crippen molar-refractivity contribution >= 4 is 0 Å². The van der Waals surface area contributed by atoms with Crippen LogP contribution in [0.1, 0.15) is 5.82 Å². The van der Waals surface area contributed by atoms with Crippen molar-refractivity contribution in [3.8, 4) is 16.9 Å². The van der Waals surface area contributed by atoms with Gasteiger partial charge in [-0.3, -0.25) is 0 Å². The van der Waals surface area contributed by atoms with Gasteiger partial charge in [-0.2, -0.15) is 0 Å². The summed E-state index contributed by atoms with van der Waals surface area (Å²) in [6, 6.07) is 6.94. The number of hydrogen-bond acceptors (Lipinski definition) is 4. The molecule has 0 bridgehead atoms. The normalized spacial score (nSPS) is 10.3. The molecular formula is C12H13N3O. The van der Waals surface area contributed by atoms with E-state index < -0.39 is 0 Å². The van der Waals surface area contributed by atoms with Crippen LogP contribution in [0.2, 0.25) is 0 Å². The number of rotatable bonds is 3. The Labute approximate surface area is 93.8 Å². The first kappa shape index (κ1) is 10.6. The highest BCUT2D eigenvalue weighted by molar-refractivity contribution is 5.62. The SMILES string of the molecule is NCCc1ncc(-c2ccc(O)cc2)cn1. The maximum Gasteiger partial charge on any atom is 0.129 e. The summed E-state index contributed by atoms with van der Waals surface area (Å²) in [7, 11) is 0. The Bertz CT molecular complexity index is 451. The Morgan fingerprint density at radius 3 is 2.19 bits per heavy atom. The smallest absolute Gasteiger partial charge is 0.129 e. The Hall–Kier alpha value is -1.94. The van der Waals surface area contributed by atoms with Crippen LogP contribution >= 0.6 is 0 Å². The molecule has 4 nitrogen and oxygen atoms in total. The number of hydrogen-bond donors (Lipinski definition) is 2. The second-order valence-corrected chi connectivity index (χ2v) is 3.47. The summed E-state index contributed by atoms with van der Waals surface area (Å²) in [4.78, 5) is 8.43. The number of nitrogens with zero attached hydrogens (tertiary/aromatic N) is 2. The molecule has 0 saturated carbocycles. The van der Waals surface area contributed by atoms with Crippen LogP contribution in [0.15, 0.2) is 36.7 Å². The topological polar surface area (TPSA) is 72.0 Å². The molecule has 0 amide bonds. The predicted molar refractivity (Wildman–Crippen MR) is 61.9 cm³/mol. The molecule has 2 rings (SSSR count). The maximum absolute atomic E-state index is 9.17. The minimum absolute atomic E-state index is 0.254. The van der Waals surface area contributed by atoms with Gasteiger partial charge in [-0.25, -0.2) is 9.97 Å². The third-order valence-electron chi connectivity index (χ3n) is 2.27. The lowest BCUT2D eigenvalue weighted by Crippen LogP contribution is -2.06. The number of aromatic hydroxyl groups is 1. The highest BCUT2D eigenvalue weighted by atomic mass is 16.3. The number of phenols is 1. The van der Waals surface area contributed by atoms with Gasteiger partial charge in [0.1, 0.15) is 11.6 Å². The predicted octanol–water partition coefficient (Wildman–Crippen LogP) is 1.35. The summed E-state index contributed by atoms with van der Waals surface area (Å²) in [6.45, 7) is 0.554. The van der Waals surface area contributed by atoms with E-state index in [9.17, 15) is 5.11 Å². The fourth-order valence-electron chi connectivity index (χ4n) is 1.42. The number of phenolic OH excluding ortho intramolecular Hbond substituents is 1. The second kappa shape index (κ2) is 4.72. The monoisotopic (exact) mass is 215 g/mol. The molecule has 0 saturated heterocycles. The van der Waals surface area contributed by atoms with Crippen molar-refractivity contribution in [2.75, 3.05) is 6.54 Å². The van der Waals surface area contributed by atoms with E-state index in [1.54, 1.807) is 24.5 Å². The molecule has 16 heavy (non-hydrogen) atoms. The average Bonchev–Trinajstić information content (AvgIpc) is 2.32. The van der Waals surface area contributed by atoms with Gasteiger partial charge in [0, 0.05) is 24.4 Å². The van der Waals surface area contributed by atoms with E-state index in [-0.39, 0.29) is 5.75 Å². The molecule has 3 N–H and O–H groups in total. The molecular weight excluding hydrogens is 202 g/mol. The molecule has 0 spiro atoms. The van der Waals surface area contributed by atoms with Crippen LogP contribution < -0.4 is 5.73 Å². The molecule has 0 unspecified atom stereocenters. The van der Waals surface area contributed by atoms with Gasteiger partial charge >= 0.3 is 0 Å². The molecule has 2 aromatic rings. The van der Waals surface area contributed by atoms with Crippen molar-refractivity contribution in [3.05, 3.63) is 42.5 Å². The molecule has 4 heteroatoms. The highest BCUT2D eigenvalue weighted by Gasteiger charge is 2.00. The second-order valence-electron chi connectivity index (χ2n) is 3.47. The van der Waals surface area contributed by atoms with Gasteiger partial charge in [0.25, 0.3) is 0 Å². The van der Waals surface area contributed by atoms with Crippen LogP contribution in [0.3, 0.4) is 0 Å². The molecule has 0 aliphatic heterocycles. The minimum atomic E-state index is 0.254. The summed E-state index contributed by atoms with van der Waals surface area (Å²) in [6.07, 6.45) is 4.23. The van der Waals surface area contributed by atoms with Gasteiger partial charge in [-0.15, -0.1) is 0 Å². The molecule has 0 aliphatic rings. The Kier molecular flexibility index (Phi) is 3.12. The van der Waals surface area contributed by atoms with Gasteiger partial charge < -0.3 is 10.8 Å². The number of aromatic nitrogens is 2. The van der Waals surface area contributed by atoms with Crippen LogP contribution in [-0.2, 0) is 6.42 Å². The van der Waals surface area contributed by atoms with Crippen molar-refractivity contribution in [1.29, 1.82) is 0 Å². The Balaban J connectivity index is 2.24. The molecule has 1 aromatic heterocycles. The molecule has 0 aliphatic carbocycles. The van der Waals surface area contributed by atoms with Crippen LogP contribution in [0.25, 0.3) is 11.1 Å². The zero-order valence-corrected chi connectivity index (χ0v) is 8.80. The fourth-order valence-corrected chi connectivity index (χ4v) is 1.42. The average molecular weight is 215 g/mol. The lowest BCUT2D eigenvalue weighted by atomic mass is 10.1. The van der Waals surface area contributed by atoms with E-state index >= 15 is 0 Å². The van der Waals surface area contributed by atoms with Gasteiger partial charge in [0.15, 0.2) is 0 Å². The van der Waals surface area contributed by atoms with E-state index in [4.69, 9.17) is 5.73 Å². The zero-order chi connectivity index (χ0) is 11.4. The van der Waals surface area contributed by atoms with Crippen molar-refractivity contribution < 1.29 is 5.11 Å². The minimum Gasteiger partial charge on any atom is -0.508 e. The van der Waals surface area contributed by atoms with Gasteiger partial charge in [0.05, 0.1) is 0 Å². The molecule has 82 valence electrons. The summed E-state index contributed by atoms with van der Waals surface area (Å²) >= 11 is 0. The lowest BCUT2D eigenvalue weighted by molar-refractivity contribution is 0.475. The van der Waals surface area contributed by atoms with E-state index in [1.165, 1.54) is 0 Å². The van der Waals surface area contributed by atoms with Crippen LogP contribution in [-0.4, -0.2) is 21.6 Å². The molecule has 1 aromatic carbocycles.